The van der Waals surface area contributed by atoms with Crippen molar-refractivity contribution in [2.24, 2.45) is 5.73 Å². The minimum absolute atomic E-state index is 0.570. The maximum Gasteiger partial charge on any atom is 0.127 e. The van der Waals surface area contributed by atoms with Crippen molar-refractivity contribution >= 4 is 0 Å². The molecule has 0 unspecified atom stereocenters. The summed E-state index contributed by atoms with van der Waals surface area (Å²) in [7, 11) is 0. The summed E-state index contributed by atoms with van der Waals surface area (Å²) in [5, 5.41) is 0. The Kier molecular flexibility index (Phi) is 5.07. The first-order chi connectivity index (χ1) is 11.4. The van der Waals surface area contributed by atoms with Crippen molar-refractivity contribution in [2.75, 3.05) is 6.54 Å². The molecule has 3 aromatic rings. The smallest absolute Gasteiger partial charge is 0.127 e. The third kappa shape index (κ3) is 3.99. The van der Waals surface area contributed by atoms with Gasteiger partial charge in [0.15, 0.2) is 0 Å². The molecular formula is C21H21NO. The second-order valence-corrected chi connectivity index (χ2v) is 5.51. The van der Waals surface area contributed by atoms with Crippen LogP contribution < -0.4 is 10.5 Å². The summed E-state index contributed by atoms with van der Waals surface area (Å²) < 4.78 is 6.05. The largest absolute Gasteiger partial charge is 0.488 e. The van der Waals surface area contributed by atoms with Crippen molar-refractivity contribution in [1.29, 1.82) is 0 Å². The van der Waals surface area contributed by atoms with Crippen molar-refractivity contribution in [2.45, 2.75) is 13.0 Å². The van der Waals surface area contributed by atoms with E-state index in [1.807, 2.05) is 36.4 Å². The molecule has 3 aromatic carbocycles. The molecule has 116 valence electrons. The molecule has 0 atom stereocenters. The molecule has 0 aliphatic carbocycles. The van der Waals surface area contributed by atoms with Crippen LogP contribution >= 0.6 is 0 Å². The maximum absolute atomic E-state index is 6.05. The van der Waals surface area contributed by atoms with Gasteiger partial charge in [-0.2, -0.15) is 0 Å². The monoisotopic (exact) mass is 303 g/mol. The van der Waals surface area contributed by atoms with Crippen LogP contribution in [0.15, 0.2) is 78.9 Å². The molecule has 0 aliphatic heterocycles. The highest BCUT2D eigenvalue weighted by molar-refractivity contribution is 5.70. The van der Waals surface area contributed by atoms with Gasteiger partial charge >= 0.3 is 0 Å². The Labute approximate surface area is 137 Å². The average Bonchev–Trinajstić information content (AvgIpc) is 2.62. The van der Waals surface area contributed by atoms with E-state index in [0.717, 1.165) is 17.7 Å². The number of nitrogens with two attached hydrogens (primary N) is 1. The highest BCUT2D eigenvalue weighted by atomic mass is 16.5. The van der Waals surface area contributed by atoms with Gasteiger partial charge in [-0.15, -0.1) is 0 Å². The Morgan fingerprint density at radius 2 is 1.48 bits per heavy atom. The zero-order chi connectivity index (χ0) is 15.9. The van der Waals surface area contributed by atoms with Crippen LogP contribution in [0.5, 0.6) is 5.75 Å². The van der Waals surface area contributed by atoms with Gasteiger partial charge in [0.2, 0.25) is 0 Å². The second-order valence-electron chi connectivity index (χ2n) is 5.51. The third-order valence-corrected chi connectivity index (χ3v) is 3.80. The van der Waals surface area contributed by atoms with E-state index in [4.69, 9.17) is 10.5 Å². The lowest BCUT2D eigenvalue weighted by atomic mass is 10.0. The summed E-state index contributed by atoms with van der Waals surface area (Å²) in [6.07, 6.45) is 0.890. The zero-order valence-electron chi connectivity index (χ0n) is 13.1. The summed E-state index contributed by atoms with van der Waals surface area (Å²) >= 11 is 0. The van der Waals surface area contributed by atoms with E-state index in [9.17, 15) is 0 Å². The predicted molar refractivity (Wildman–Crippen MR) is 95.4 cm³/mol. The predicted octanol–water partition coefficient (Wildman–Crippen LogP) is 4.43. The van der Waals surface area contributed by atoms with Gasteiger partial charge in [-0.3, -0.25) is 0 Å². The van der Waals surface area contributed by atoms with Crippen molar-refractivity contribution < 1.29 is 4.74 Å². The van der Waals surface area contributed by atoms with Crippen LogP contribution in [-0.2, 0) is 13.0 Å². The normalized spacial score (nSPS) is 10.5. The summed E-state index contributed by atoms with van der Waals surface area (Å²) in [5.74, 6) is 0.904. The summed E-state index contributed by atoms with van der Waals surface area (Å²) in [5.41, 5.74) is 10.4. The molecular weight excluding hydrogens is 282 g/mol. The first-order valence-corrected chi connectivity index (χ1v) is 7.92. The van der Waals surface area contributed by atoms with Crippen LogP contribution in [0.4, 0.5) is 0 Å². The summed E-state index contributed by atoms with van der Waals surface area (Å²) in [6.45, 7) is 1.23. The van der Waals surface area contributed by atoms with Crippen molar-refractivity contribution in [3.8, 4) is 16.9 Å². The van der Waals surface area contributed by atoms with E-state index < -0.39 is 0 Å². The van der Waals surface area contributed by atoms with Crippen molar-refractivity contribution in [1.82, 2.24) is 0 Å². The Morgan fingerprint density at radius 3 is 2.30 bits per heavy atom. The van der Waals surface area contributed by atoms with Crippen LogP contribution in [0.2, 0.25) is 0 Å². The van der Waals surface area contributed by atoms with Gasteiger partial charge in [0.05, 0.1) is 0 Å². The van der Waals surface area contributed by atoms with Gasteiger partial charge < -0.3 is 10.5 Å². The van der Waals surface area contributed by atoms with Gasteiger partial charge in [-0.1, -0.05) is 72.8 Å². The molecule has 0 radical (unpaired) electrons. The van der Waals surface area contributed by atoms with Crippen LogP contribution in [0.1, 0.15) is 11.1 Å². The van der Waals surface area contributed by atoms with Crippen LogP contribution in [0.25, 0.3) is 11.1 Å². The number of rotatable bonds is 6. The fourth-order valence-electron chi connectivity index (χ4n) is 2.63. The number of benzene rings is 3. The molecule has 0 bridgehead atoms. The minimum Gasteiger partial charge on any atom is -0.488 e. The lowest BCUT2D eigenvalue weighted by molar-refractivity contribution is 0.307. The van der Waals surface area contributed by atoms with E-state index >= 15 is 0 Å². The first kappa shape index (κ1) is 15.3. The SMILES string of the molecule is NCCc1cccc(-c2ccccc2OCc2ccccc2)c1. The molecule has 0 heterocycles. The molecule has 3 rings (SSSR count). The van der Waals surface area contributed by atoms with Crippen molar-refractivity contribution in [3.63, 3.8) is 0 Å². The highest BCUT2D eigenvalue weighted by Crippen LogP contribution is 2.31. The molecule has 0 fully saturated rings. The molecule has 0 saturated heterocycles. The number of para-hydroxylation sites is 1. The van der Waals surface area contributed by atoms with Crippen LogP contribution in [0.3, 0.4) is 0 Å². The minimum atomic E-state index is 0.570. The average molecular weight is 303 g/mol. The Morgan fingerprint density at radius 1 is 0.739 bits per heavy atom. The molecule has 0 aliphatic rings. The maximum atomic E-state index is 6.05. The van der Waals surface area contributed by atoms with Gasteiger partial charge in [0, 0.05) is 5.56 Å². The Hall–Kier alpha value is -2.58. The summed E-state index contributed by atoms with van der Waals surface area (Å²) in [6, 6.07) is 26.9. The number of ether oxygens (including phenoxy) is 1. The van der Waals surface area contributed by atoms with E-state index in [1.165, 1.54) is 16.7 Å². The third-order valence-electron chi connectivity index (χ3n) is 3.80. The van der Waals surface area contributed by atoms with Crippen LogP contribution in [0, 0.1) is 0 Å². The Balaban J connectivity index is 1.84. The second kappa shape index (κ2) is 7.61. The molecule has 0 amide bonds. The van der Waals surface area contributed by atoms with Gasteiger partial charge in [0.25, 0.3) is 0 Å². The van der Waals surface area contributed by atoms with Gasteiger partial charge in [0.1, 0.15) is 12.4 Å². The van der Waals surface area contributed by atoms with E-state index in [-0.39, 0.29) is 0 Å². The van der Waals surface area contributed by atoms with Crippen molar-refractivity contribution in [3.05, 3.63) is 90.0 Å². The van der Waals surface area contributed by atoms with Gasteiger partial charge in [-0.05, 0) is 35.7 Å². The topological polar surface area (TPSA) is 35.2 Å². The lowest BCUT2D eigenvalue weighted by Crippen LogP contribution is -2.02. The fourth-order valence-corrected chi connectivity index (χ4v) is 2.63. The number of hydrogen-bond acceptors (Lipinski definition) is 2. The van der Waals surface area contributed by atoms with E-state index in [1.54, 1.807) is 0 Å². The molecule has 2 N–H and O–H groups in total. The van der Waals surface area contributed by atoms with Gasteiger partial charge in [-0.25, -0.2) is 0 Å². The molecule has 2 nitrogen and oxygen atoms in total. The zero-order valence-corrected chi connectivity index (χ0v) is 13.1. The molecule has 0 saturated carbocycles. The lowest BCUT2D eigenvalue weighted by Gasteiger charge is -2.12. The molecule has 2 heteroatoms. The molecule has 0 spiro atoms. The Bertz CT molecular complexity index is 753. The first-order valence-electron chi connectivity index (χ1n) is 7.92. The fraction of sp³-hybridized carbons (Fsp3) is 0.143. The molecule has 23 heavy (non-hydrogen) atoms. The van der Waals surface area contributed by atoms with Crippen LogP contribution in [-0.4, -0.2) is 6.54 Å². The van der Waals surface area contributed by atoms with E-state index in [0.29, 0.717) is 13.2 Å². The van der Waals surface area contributed by atoms with E-state index in [2.05, 4.69) is 42.5 Å². The highest BCUT2D eigenvalue weighted by Gasteiger charge is 2.07. The quantitative estimate of drug-likeness (QED) is 0.731. The number of hydrogen-bond donors (Lipinski definition) is 1. The molecule has 0 aromatic heterocycles. The summed E-state index contributed by atoms with van der Waals surface area (Å²) in [4.78, 5) is 0. The standard InChI is InChI=1S/C21H21NO/c22-14-13-17-9-6-10-19(15-17)20-11-4-5-12-21(20)23-16-18-7-2-1-3-8-18/h1-12,15H,13-14,16,22H2.